The summed E-state index contributed by atoms with van der Waals surface area (Å²) in [6.45, 7) is 1.96. The Kier molecular flexibility index (Phi) is 5.96. The lowest BCUT2D eigenvalue weighted by Gasteiger charge is -2.30. The van der Waals surface area contributed by atoms with E-state index in [2.05, 4.69) is 0 Å². The van der Waals surface area contributed by atoms with Crippen molar-refractivity contribution < 1.29 is 23.8 Å². The molecule has 142 valence electrons. The first-order valence-corrected chi connectivity index (χ1v) is 9.64. The van der Waals surface area contributed by atoms with Crippen LogP contribution in [0.25, 0.3) is 5.57 Å². The fourth-order valence-corrected chi connectivity index (χ4v) is 4.27. The van der Waals surface area contributed by atoms with E-state index in [1.54, 1.807) is 44.6 Å². The van der Waals surface area contributed by atoms with Crippen molar-refractivity contribution in [3.63, 3.8) is 0 Å². The number of hydrogen-bond acceptors (Lipinski definition) is 6. The number of carbonyl (C=O) groups excluding carboxylic acids is 2. The molecule has 6 heteroatoms. The maximum absolute atomic E-state index is 12.9. The van der Waals surface area contributed by atoms with Crippen LogP contribution in [-0.2, 0) is 14.3 Å². The molecule has 1 aromatic heterocycles. The molecular weight excluding hydrogens is 364 g/mol. The Hall–Kier alpha value is -2.60. The second-order valence-corrected chi connectivity index (χ2v) is 7.12. The molecule has 0 saturated heterocycles. The van der Waals surface area contributed by atoms with Gasteiger partial charge in [0.05, 0.1) is 20.8 Å². The summed E-state index contributed by atoms with van der Waals surface area (Å²) >= 11 is 1.57. The fourth-order valence-electron chi connectivity index (χ4n) is 3.51. The molecule has 1 aromatic carbocycles. The van der Waals surface area contributed by atoms with Gasteiger partial charge in [0.25, 0.3) is 0 Å². The molecule has 1 heterocycles. The smallest absolute Gasteiger partial charge is 0.317 e. The van der Waals surface area contributed by atoms with E-state index in [1.807, 2.05) is 29.6 Å². The number of thiophene rings is 1. The average Bonchev–Trinajstić information content (AvgIpc) is 3.21. The molecule has 0 N–H and O–H groups in total. The molecule has 0 spiro atoms. The lowest BCUT2D eigenvalue weighted by Crippen LogP contribution is -2.34. The van der Waals surface area contributed by atoms with E-state index in [-0.39, 0.29) is 18.3 Å². The summed E-state index contributed by atoms with van der Waals surface area (Å²) in [6, 6.07) is 9.44. The zero-order valence-corrected chi connectivity index (χ0v) is 16.4. The number of ketones is 1. The highest BCUT2D eigenvalue weighted by molar-refractivity contribution is 7.11. The number of esters is 1. The van der Waals surface area contributed by atoms with Crippen LogP contribution in [-0.4, -0.2) is 32.6 Å². The van der Waals surface area contributed by atoms with Crippen LogP contribution in [0, 0.1) is 5.92 Å². The van der Waals surface area contributed by atoms with E-state index < -0.39 is 11.9 Å². The number of benzene rings is 1. The molecule has 2 aromatic rings. The van der Waals surface area contributed by atoms with E-state index in [1.165, 1.54) is 0 Å². The number of rotatable bonds is 6. The van der Waals surface area contributed by atoms with Crippen molar-refractivity contribution in [2.45, 2.75) is 19.3 Å². The van der Waals surface area contributed by atoms with Gasteiger partial charge in [-0.05, 0) is 42.5 Å². The summed E-state index contributed by atoms with van der Waals surface area (Å²) in [5.74, 6) is -0.910. The quantitative estimate of drug-likeness (QED) is 0.553. The monoisotopic (exact) mass is 386 g/mol. The molecule has 27 heavy (non-hydrogen) atoms. The van der Waals surface area contributed by atoms with E-state index in [0.717, 1.165) is 16.0 Å². The van der Waals surface area contributed by atoms with Gasteiger partial charge in [-0.2, -0.15) is 0 Å². The standard InChI is InChI=1S/C21H22O5S/c1-4-26-21(23)19-15(14-7-5-8-17(24-2)20(14)25-3)11-13(12-16(19)22)18-9-6-10-27-18/h5-10,12,15,19H,4,11H2,1-3H3/t15-,19-/m0/s1. The van der Waals surface area contributed by atoms with E-state index in [4.69, 9.17) is 14.2 Å². The van der Waals surface area contributed by atoms with Crippen LogP contribution in [0.2, 0.25) is 0 Å². The molecule has 0 bridgehead atoms. The molecule has 0 radical (unpaired) electrons. The Morgan fingerprint density at radius 3 is 2.63 bits per heavy atom. The first-order chi connectivity index (χ1) is 13.1. The number of ether oxygens (including phenoxy) is 3. The van der Waals surface area contributed by atoms with Crippen molar-refractivity contribution in [3.8, 4) is 11.5 Å². The van der Waals surface area contributed by atoms with Crippen molar-refractivity contribution in [1.29, 1.82) is 0 Å². The van der Waals surface area contributed by atoms with Crippen molar-refractivity contribution in [3.05, 3.63) is 52.2 Å². The molecule has 1 aliphatic rings. The molecule has 0 saturated carbocycles. The number of allylic oxidation sites excluding steroid dienone is 2. The lowest BCUT2D eigenvalue weighted by molar-refractivity contribution is -0.151. The Balaban J connectivity index is 2.10. The molecule has 1 aliphatic carbocycles. The number of methoxy groups -OCH3 is 2. The van der Waals surface area contributed by atoms with E-state index in [9.17, 15) is 9.59 Å². The van der Waals surface area contributed by atoms with Crippen LogP contribution < -0.4 is 9.47 Å². The number of para-hydroxylation sites is 1. The number of carbonyl (C=O) groups is 2. The minimum absolute atomic E-state index is 0.228. The second kappa shape index (κ2) is 8.39. The predicted octanol–water partition coefficient (Wildman–Crippen LogP) is 4.08. The highest BCUT2D eigenvalue weighted by Gasteiger charge is 2.41. The molecule has 3 rings (SSSR count). The van der Waals surface area contributed by atoms with Gasteiger partial charge >= 0.3 is 5.97 Å². The van der Waals surface area contributed by atoms with E-state index in [0.29, 0.717) is 17.9 Å². The second-order valence-electron chi connectivity index (χ2n) is 6.17. The minimum atomic E-state index is -0.894. The Morgan fingerprint density at radius 1 is 1.19 bits per heavy atom. The van der Waals surface area contributed by atoms with Gasteiger partial charge in [-0.25, -0.2) is 0 Å². The van der Waals surface area contributed by atoms with Crippen LogP contribution in [0.4, 0.5) is 0 Å². The molecule has 0 unspecified atom stereocenters. The molecule has 2 atom stereocenters. The SMILES string of the molecule is CCOC(=O)[C@@H]1C(=O)C=C(c2cccs2)C[C@H]1c1cccc(OC)c1OC. The fraction of sp³-hybridized carbons (Fsp3) is 0.333. The summed E-state index contributed by atoms with van der Waals surface area (Å²) in [7, 11) is 3.12. The first-order valence-electron chi connectivity index (χ1n) is 8.76. The predicted molar refractivity (Wildman–Crippen MR) is 104 cm³/mol. The van der Waals surface area contributed by atoms with Crippen LogP contribution in [0.1, 0.15) is 29.7 Å². The van der Waals surface area contributed by atoms with Gasteiger partial charge in [-0.3, -0.25) is 9.59 Å². The third-order valence-electron chi connectivity index (χ3n) is 4.68. The highest BCUT2D eigenvalue weighted by Crippen LogP contribution is 2.46. The summed E-state index contributed by atoms with van der Waals surface area (Å²) < 4.78 is 16.2. The summed E-state index contributed by atoms with van der Waals surface area (Å²) in [5, 5.41) is 1.97. The largest absolute Gasteiger partial charge is 0.493 e. The zero-order valence-electron chi connectivity index (χ0n) is 15.6. The third kappa shape index (κ3) is 3.76. The molecule has 0 amide bonds. The minimum Gasteiger partial charge on any atom is -0.493 e. The van der Waals surface area contributed by atoms with Crippen molar-refractivity contribution in [1.82, 2.24) is 0 Å². The Bertz CT molecular complexity index is 853. The molecular formula is C21H22O5S. The van der Waals surface area contributed by atoms with Gasteiger partial charge in [0.2, 0.25) is 0 Å². The molecule has 0 aliphatic heterocycles. The summed E-state index contributed by atoms with van der Waals surface area (Å²) in [6.07, 6.45) is 2.12. The molecule has 0 fully saturated rings. The van der Waals surface area contributed by atoms with E-state index >= 15 is 0 Å². The van der Waals surface area contributed by atoms with Gasteiger partial charge in [0.1, 0.15) is 5.92 Å². The van der Waals surface area contributed by atoms with Crippen LogP contribution >= 0.6 is 11.3 Å². The lowest BCUT2D eigenvalue weighted by atomic mass is 9.74. The Labute approximate surface area is 162 Å². The third-order valence-corrected chi connectivity index (χ3v) is 5.62. The maximum atomic E-state index is 12.9. The van der Waals surface area contributed by atoms with Gasteiger partial charge in [-0.1, -0.05) is 18.2 Å². The van der Waals surface area contributed by atoms with Gasteiger partial charge in [-0.15, -0.1) is 11.3 Å². The normalized spacial score (nSPS) is 19.4. The Morgan fingerprint density at radius 2 is 2.00 bits per heavy atom. The van der Waals surface area contributed by atoms with Crippen LogP contribution in [0.15, 0.2) is 41.8 Å². The van der Waals surface area contributed by atoms with Crippen LogP contribution in [0.3, 0.4) is 0 Å². The molecule has 5 nitrogen and oxygen atoms in total. The average molecular weight is 386 g/mol. The van der Waals surface area contributed by atoms with Gasteiger partial charge in [0.15, 0.2) is 17.3 Å². The number of hydrogen-bond donors (Lipinski definition) is 0. The first kappa shape index (κ1) is 19.2. The van der Waals surface area contributed by atoms with Crippen molar-refractivity contribution in [2.24, 2.45) is 5.92 Å². The summed E-state index contributed by atoms with van der Waals surface area (Å²) in [5.41, 5.74) is 1.69. The van der Waals surface area contributed by atoms with Gasteiger partial charge < -0.3 is 14.2 Å². The topological polar surface area (TPSA) is 61.8 Å². The van der Waals surface area contributed by atoms with Gasteiger partial charge in [0, 0.05) is 16.4 Å². The van der Waals surface area contributed by atoms with Crippen molar-refractivity contribution in [2.75, 3.05) is 20.8 Å². The van der Waals surface area contributed by atoms with Crippen molar-refractivity contribution >= 4 is 28.7 Å². The zero-order chi connectivity index (χ0) is 19.4. The highest BCUT2D eigenvalue weighted by atomic mass is 32.1. The summed E-state index contributed by atoms with van der Waals surface area (Å²) in [4.78, 5) is 26.5. The van der Waals surface area contributed by atoms with Crippen LogP contribution in [0.5, 0.6) is 11.5 Å². The maximum Gasteiger partial charge on any atom is 0.317 e.